The molecular weight excluding hydrogens is 709 g/mol. The van der Waals surface area contributed by atoms with E-state index in [4.69, 9.17) is 37.9 Å². The molecule has 0 amide bonds. The first-order valence-corrected chi connectivity index (χ1v) is 19.5. The summed E-state index contributed by atoms with van der Waals surface area (Å²) in [4.78, 5) is 0. The maximum absolute atomic E-state index is 11.6. The van der Waals surface area contributed by atoms with Crippen molar-refractivity contribution < 1.29 is 43.0 Å². The Morgan fingerprint density at radius 3 is 1.27 bits per heavy atom. The van der Waals surface area contributed by atoms with Crippen LogP contribution in [0.5, 0.6) is 0 Å². The number of aliphatic hydroxyl groups is 1. The zero-order valence-electron chi connectivity index (χ0n) is 31.8. The van der Waals surface area contributed by atoms with Gasteiger partial charge in [0.25, 0.3) is 0 Å². The summed E-state index contributed by atoms with van der Waals surface area (Å²) in [6.07, 6.45) is -5.43. The van der Waals surface area contributed by atoms with Crippen LogP contribution in [0, 0.1) is 0 Å². The summed E-state index contributed by atoms with van der Waals surface area (Å²) in [5, 5.41) is 11.6. The van der Waals surface area contributed by atoms with E-state index >= 15 is 0 Å². The molecule has 0 bridgehead atoms. The third kappa shape index (κ3) is 11.4. The molecule has 2 saturated heterocycles. The molecule has 0 saturated carbocycles. The van der Waals surface area contributed by atoms with Crippen molar-refractivity contribution in [1.29, 1.82) is 0 Å². The van der Waals surface area contributed by atoms with Crippen molar-refractivity contribution in [2.75, 3.05) is 6.61 Å². The molecule has 2 fully saturated rings. The molecule has 0 aromatic heterocycles. The maximum atomic E-state index is 11.6. The van der Waals surface area contributed by atoms with Crippen LogP contribution in [0.3, 0.4) is 0 Å². The average Bonchev–Trinajstić information content (AvgIpc) is 3.24. The van der Waals surface area contributed by atoms with Crippen molar-refractivity contribution in [1.82, 2.24) is 0 Å². The predicted octanol–water partition coefficient (Wildman–Crippen LogP) is 7.78. The molecule has 0 radical (unpaired) electrons. The first-order valence-electron chi connectivity index (χ1n) is 19.5. The van der Waals surface area contributed by atoms with Gasteiger partial charge in [-0.2, -0.15) is 0 Å². The zero-order valence-corrected chi connectivity index (χ0v) is 31.8. The first-order chi connectivity index (χ1) is 27.6. The van der Waals surface area contributed by atoms with Gasteiger partial charge in [0.1, 0.15) is 30.5 Å². The van der Waals surface area contributed by atoms with Crippen LogP contribution < -0.4 is 0 Å². The van der Waals surface area contributed by atoms with E-state index in [0.717, 1.165) is 27.8 Å². The van der Waals surface area contributed by atoms with Gasteiger partial charge in [-0.25, -0.2) is 0 Å². The normalized spacial score (nSPS) is 26.5. The third-order valence-corrected chi connectivity index (χ3v) is 10.1. The van der Waals surface area contributed by atoms with E-state index in [1.165, 1.54) is 0 Å². The van der Waals surface area contributed by atoms with Crippen molar-refractivity contribution in [3.63, 3.8) is 0 Å². The highest BCUT2D eigenvalue weighted by molar-refractivity contribution is 5.17. The van der Waals surface area contributed by atoms with Gasteiger partial charge < -0.3 is 43.0 Å². The molecule has 5 aromatic carbocycles. The predicted molar refractivity (Wildman–Crippen MR) is 211 cm³/mol. The van der Waals surface area contributed by atoms with E-state index in [2.05, 4.69) is 0 Å². The van der Waals surface area contributed by atoms with Gasteiger partial charge in [0.2, 0.25) is 0 Å². The molecule has 294 valence electrons. The second-order valence-electron chi connectivity index (χ2n) is 14.3. The fourth-order valence-corrected chi connectivity index (χ4v) is 7.16. The minimum absolute atomic E-state index is 0.0610. The highest BCUT2D eigenvalue weighted by Gasteiger charge is 2.49. The van der Waals surface area contributed by atoms with Crippen LogP contribution in [-0.2, 0) is 70.9 Å². The van der Waals surface area contributed by atoms with Crippen molar-refractivity contribution in [2.45, 2.75) is 102 Å². The topological polar surface area (TPSA) is 94.1 Å². The number of ether oxygens (including phenoxy) is 8. The fourth-order valence-electron chi connectivity index (χ4n) is 7.16. The molecule has 2 aliphatic rings. The molecule has 9 atom stereocenters. The summed E-state index contributed by atoms with van der Waals surface area (Å²) in [6.45, 7) is 3.75. The molecule has 7 rings (SSSR count). The van der Waals surface area contributed by atoms with E-state index in [0.29, 0.717) is 26.2 Å². The van der Waals surface area contributed by atoms with E-state index in [-0.39, 0.29) is 38.1 Å². The molecule has 2 heterocycles. The van der Waals surface area contributed by atoms with Gasteiger partial charge in [-0.1, -0.05) is 152 Å². The summed E-state index contributed by atoms with van der Waals surface area (Å²) in [7, 11) is 0. The van der Waals surface area contributed by atoms with Crippen LogP contribution in [0.4, 0.5) is 0 Å². The van der Waals surface area contributed by atoms with Crippen molar-refractivity contribution in [3.05, 3.63) is 179 Å². The Bertz CT molecular complexity index is 1820. The van der Waals surface area contributed by atoms with Crippen LogP contribution in [0.15, 0.2) is 152 Å². The standard InChI is InChI=1S/C47H52O9/c1-34-43(51-29-36-19-9-3-10-20-36)40(49-28-35-17-7-2-8-18-35)27-42(55-34)50-33-41-44(52-30-37-21-11-4-12-22-37)45(53-31-38-23-13-5-14-24-38)46(47(48)56-41)54-32-39-25-15-6-16-26-39/h2-26,34,40-48H,27-33H2,1H3/t34-,40-,41+,42+,43-,44+,45-,46+,47-/m0/s1. The Balaban J connectivity index is 1.08. The van der Waals surface area contributed by atoms with E-state index in [9.17, 15) is 5.11 Å². The fraction of sp³-hybridized carbons (Fsp3) is 0.362. The summed E-state index contributed by atoms with van der Waals surface area (Å²) >= 11 is 0. The Hall–Kier alpha value is -4.26. The summed E-state index contributed by atoms with van der Waals surface area (Å²) < 4.78 is 52.0. The van der Waals surface area contributed by atoms with Crippen LogP contribution >= 0.6 is 0 Å². The summed E-state index contributed by atoms with van der Waals surface area (Å²) in [5.74, 6) is 0. The highest BCUT2D eigenvalue weighted by Crippen LogP contribution is 2.32. The summed E-state index contributed by atoms with van der Waals surface area (Å²) in [6, 6.07) is 49.9. The molecule has 2 aliphatic heterocycles. The Morgan fingerprint density at radius 1 is 0.446 bits per heavy atom. The van der Waals surface area contributed by atoms with Crippen LogP contribution in [0.1, 0.15) is 41.2 Å². The van der Waals surface area contributed by atoms with Gasteiger partial charge in [-0.15, -0.1) is 0 Å². The smallest absolute Gasteiger partial charge is 0.184 e. The van der Waals surface area contributed by atoms with Gasteiger partial charge in [-0.3, -0.25) is 0 Å². The minimum Gasteiger partial charge on any atom is -0.371 e. The third-order valence-electron chi connectivity index (χ3n) is 10.1. The van der Waals surface area contributed by atoms with Crippen molar-refractivity contribution >= 4 is 0 Å². The molecule has 0 aliphatic carbocycles. The number of rotatable bonds is 18. The first kappa shape index (κ1) is 40.0. The molecular formula is C47H52O9. The molecule has 0 spiro atoms. The maximum Gasteiger partial charge on any atom is 0.184 e. The number of aliphatic hydroxyl groups excluding tert-OH is 1. The number of hydrogen-bond acceptors (Lipinski definition) is 9. The minimum atomic E-state index is -1.31. The molecule has 0 unspecified atom stereocenters. The van der Waals surface area contributed by atoms with Crippen LogP contribution in [-0.4, -0.2) is 67.0 Å². The van der Waals surface area contributed by atoms with Crippen LogP contribution in [0.2, 0.25) is 0 Å². The second kappa shape index (κ2) is 20.8. The van der Waals surface area contributed by atoms with Gasteiger partial charge in [0.05, 0.1) is 51.8 Å². The van der Waals surface area contributed by atoms with Gasteiger partial charge in [-0.05, 0) is 34.7 Å². The summed E-state index contributed by atoms with van der Waals surface area (Å²) in [5.41, 5.74) is 5.09. The second-order valence-corrected chi connectivity index (χ2v) is 14.3. The quantitative estimate of drug-likeness (QED) is 0.0962. The Morgan fingerprint density at radius 2 is 0.821 bits per heavy atom. The largest absolute Gasteiger partial charge is 0.371 e. The van der Waals surface area contributed by atoms with Gasteiger partial charge >= 0.3 is 0 Å². The molecule has 9 nitrogen and oxygen atoms in total. The highest BCUT2D eigenvalue weighted by atomic mass is 16.7. The Kier molecular flexibility index (Phi) is 14.8. The monoisotopic (exact) mass is 760 g/mol. The lowest BCUT2D eigenvalue weighted by Crippen LogP contribution is -2.61. The molecule has 9 heteroatoms. The lowest BCUT2D eigenvalue weighted by atomic mass is 9.97. The van der Waals surface area contributed by atoms with Crippen molar-refractivity contribution in [3.8, 4) is 0 Å². The van der Waals surface area contributed by atoms with Crippen LogP contribution in [0.25, 0.3) is 0 Å². The molecule has 1 N–H and O–H groups in total. The van der Waals surface area contributed by atoms with Gasteiger partial charge in [0, 0.05) is 6.42 Å². The Labute approximate surface area is 330 Å². The lowest BCUT2D eigenvalue weighted by Gasteiger charge is -2.45. The van der Waals surface area contributed by atoms with Crippen molar-refractivity contribution in [2.24, 2.45) is 0 Å². The molecule has 56 heavy (non-hydrogen) atoms. The number of benzene rings is 5. The van der Waals surface area contributed by atoms with E-state index < -0.39 is 37.0 Å². The molecule has 5 aromatic rings. The lowest BCUT2D eigenvalue weighted by molar-refractivity contribution is -0.328. The zero-order chi connectivity index (χ0) is 38.4. The number of hydrogen-bond donors (Lipinski definition) is 1. The SMILES string of the molecule is C[C@@H]1O[C@@H](OC[C@H]2O[C@H](O)[C@H](OCc3ccccc3)[C@@H](OCc3ccccc3)[C@@H]2OCc2ccccc2)C[C@H](OCc2ccccc2)[C@H]1OCc1ccccc1. The van der Waals surface area contributed by atoms with Gasteiger partial charge in [0.15, 0.2) is 12.6 Å². The average molecular weight is 761 g/mol. The van der Waals surface area contributed by atoms with E-state index in [1.54, 1.807) is 0 Å². The van der Waals surface area contributed by atoms with E-state index in [1.807, 2.05) is 159 Å².